The summed E-state index contributed by atoms with van der Waals surface area (Å²) in [6.07, 6.45) is 2.12. The Balaban J connectivity index is 1.96. The fraction of sp³-hybridized carbons (Fsp3) is 0.480. The van der Waals surface area contributed by atoms with Crippen molar-refractivity contribution in [1.29, 1.82) is 0 Å². The Morgan fingerprint density at radius 1 is 1.00 bits per heavy atom. The fourth-order valence-electron chi connectivity index (χ4n) is 4.38. The van der Waals surface area contributed by atoms with Gasteiger partial charge in [0.05, 0.1) is 28.0 Å². The van der Waals surface area contributed by atoms with Crippen LogP contribution in [0.15, 0.2) is 36.4 Å². The number of carbonyl (C=O) groups is 1. The van der Waals surface area contributed by atoms with Crippen LogP contribution in [0.2, 0.25) is 15.1 Å². The van der Waals surface area contributed by atoms with E-state index in [2.05, 4.69) is 18.7 Å². The van der Waals surface area contributed by atoms with E-state index < -0.39 is 16.1 Å². The van der Waals surface area contributed by atoms with Crippen molar-refractivity contribution in [3.8, 4) is 0 Å². The number of benzene rings is 2. The molecule has 1 amide bonds. The second-order valence-corrected chi connectivity index (χ2v) is 12.6. The van der Waals surface area contributed by atoms with Crippen LogP contribution >= 0.6 is 34.8 Å². The highest BCUT2D eigenvalue weighted by molar-refractivity contribution is 7.92. The van der Waals surface area contributed by atoms with Crippen molar-refractivity contribution in [1.82, 2.24) is 9.80 Å². The summed E-state index contributed by atoms with van der Waals surface area (Å²) in [5, 5.41) is 1.27. The first-order valence-electron chi connectivity index (χ1n) is 11.8. The third kappa shape index (κ3) is 7.49. The quantitative estimate of drug-likeness (QED) is 0.570. The van der Waals surface area contributed by atoms with Crippen LogP contribution < -0.4 is 10.0 Å². The van der Waals surface area contributed by atoms with E-state index in [0.717, 1.165) is 5.56 Å². The van der Waals surface area contributed by atoms with E-state index in [1.54, 1.807) is 41.3 Å². The predicted octanol–water partition coefficient (Wildman–Crippen LogP) is 4.43. The molecule has 0 aliphatic carbocycles. The number of halogens is 3. The number of hydrogen-bond donors (Lipinski definition) is 1. The molecule has 1 heterocycles. The largest absolute Gasteiger partial charge is 0.336 e. The lowest BCUT2D eigenvalue weighted by Crippen LogP contribution is -2.48. The smallest absolute Gasteiger partial charge is 0.240 e. The molecule has 0 spiro atoms. The Morgan fingerprint density at radius 3 is 2.36 bits per heavy atom. The van der Waals surface area contributed by atoms with Crippen LogP contribution in [0.5, 0.6) is 0 Å². The number of anilines is 1. The van der Waals surface area contributed by atoms with E-state index in [1.165, 1.54) is 10.6 Å². The van der Waals surface area contributed by atoms with Crippen molar-refractivity contribution < 1.29 is 13.2 Å². The molecule has 0 saturated carbocycles. The standard InChI is InChI=1S/C25H33Cl3N4O3S/c1-17(2)30-9-4-10-32(36(3,34)35)24-15-20(26)7-6-19(24)16-31(12-11-30)25(33)23(29)14-18-5-8-21(27)22(28)13-18/h5-8,13,15,17,23H,4,9-12,14,16,29H2,1-3H3/t23-/m0/s1. The monoisotopic (exact) mass is 574 g/mol. The topological polar surface area (TPSA) is 87.0 Å². The van der Waals surface area contributed by atoms with Gasteiger partial charge in [-0.1, -0.05) is 46.9 Å². The van der Waals surface area contributed by atoms with Crippen LogP contribution in [-0.2, 0) is 27.8 Å². The number of fused-ring (bicyclic) bond motifs is 1. The van der Waals surface area contributed by atoms with E-state index in [4.69, 9.17) is 40.5 Å². The first-order chi connectivity index (χ1) is 16.9. The van der Waals surface area contributed by atoms with Crippen LogP contribution in [0.3, 0.4) is 0 Å². The number of sulfonamides is 1. The van der Waals surface area contributed by atoms with Gasteiger partial charge >= 0.3 is 0 Å². The normalized spacial score (nSPS) is 17.0. The van der Waals surface area contributed by atoms with Crippen molar-refractivity contribution >= 4 is 56.4 Å². The van der Waals surface area contributed by atoms with Crippen molar-refractivity contribution in [3.05, 3.63) is 62.6 Å². The first kappa shape index (κ1) is 29.0. The van der Waals surface area contributed by atoms with Crippen molar-refractivity contribution in [2.24, 2.45) is 5.73 Å². The maximum atomic E-state index is 13.6. The molecule has 2 aromatic rings. The van der Waals surface area contributed by atoms with Gasteiger partial charge in [0.1, 0.15) is 0 Å². The van der Waals surface area contributed by atoms with E-state index in [1.807, 2.05) is 0 Å². The van der Waals surface area contributed by atoms with Crippen LogP contribution in [0.25, 0.3) is 0 Å². The molecule has 11 heteroatoms. The van der Waals surface area contributed by atoms with E-state index in [-0.39, 0.29) is 18.5 Å². The van der Waals surface area contributed by atoms with Crippen LogP contribution in [-0.4, -0.2) is 68.6 Å². The molecule has 0 bridgehead atoms. The van der Waals surface area contributed by atoms with Gasteiger partial charge in [-0.15, -0.1) is 0 Å². The minimum atomic E-state index is -3.57. The van der Waals surface area contributed by atoms with Gasteiger partial charge in [-0.3, -0.25) is 14.0 Å². The molecule has 3 rings (SSSR count). The summed E-state index contributed by atoms with van der Waals surface area (Å²) in [6, 6.07) is 9.76. The molecule has 1 atom stereocenters. The van der Waals surface area contributed by atoms with Gasteiger partial charge in [0.15, 0.2) is 0 Å². The van der Waals surface area contributed by atoms with Gasteiger partial charge in [-0.05, 0) is 62.1 Å². The van der Waals surface area contributed by atoms with Gasteiger partial charge in [0, 0.05) is 43.8 Å². The van der Waals surface area contributed by atoms with Gasteiger partial charge in [-0.25, -0.2) is 8.42 Å². The Kier molecular flexibility index (Phi) is 9.94. The maximum Gasteiger partial charge on any atom is 0.240 e. The lowest BCUT2D eigenvalue weighted by atomic mass is 10.0. The van der Waals surface area contributed by atoms with E-state index in [0.29, 0.717) is 65.3 Å². The second-order valence-electron chi connectivity index (χ2n) is 9.41. The molecule has 0 radical (unpaired) electrons. The highest BCUT2D eigenvalue weighted by Gasteiger charge is 2.27. The third-order valence-corrected chi connectivity index (χ3v) is 8.49. The minimum absolute atomic E-state index is 0.207. The number of rotatable bonds is 5. The average Bonchev–Trinajstić information content (AvgIpc) is 2.82. The predicted molar refractivity (Wildman–Crippen MR) is 149 cm³/mol. The second kappa shape index (κ2) is 12.3. The average molecular weight is 576 g/mol. The van der Waals surface area contributed by atoms with Crippen LogP contribution in [0.1, 0.15) is 31.4 Å². The summed E-state index contributed by atoms with van der Waals surface area (Å²) >= 11 is 18.4. The lowest BCUT2D eigenvalue weighted by Gasteiger charge is -2.31. The number of amides is 1. The lowest BCUT2D eigenvalue weighted by molar-refractivity contribution is -0.133. The van der Waals surface area contributed by atoms with Gasteiger partial charge in [0.2, 0.25) is 15.9 Å². The minimum Gasteiger partial charge on any atom is -0.336 e. The zero-order chi connectivity index (χ0) is 26.6. The van der Waals surface area contributed by atoms with Crippen molar-refractivity contribution in [3.63, 3.8) is 0 Å². The molecule has 0 saturated heterocycles. The van der Waals surface area contributed by atoms with Crippen LogP contribution in [0.4, 0.5) is 5.69 Å². The summed E-state index contributed by atoms with van der Waals surface area (Å²) in [7, 11) is -3.57. The SMILES string of the molecule is CC(C)N1CCCN(S(C)(=O)=O)c2cc(Cl)ccc2CN(C(=O)[C@@H](N)Cc2ccc(Cl)c(Cl)c2)CC1. The third-order valence-electron chi connectivity index (χ3n) is 6.34. The van der Waals surface area contributed by atoms with E-state index in [9.17, 15) is 13.2 Å². The Bertz CT molecular complexity index is 1190. The number of nitrogens with two attached hydrogens (primary N) is 1. The highest BCUT2D eigenvalue weighted by atomic mass is 35.5. The molecule has 0 unspecified atom stereocenters. The molecule has 1 aliphatic heterocycles. The summed E-state index contributed by atoms with van der Waals surface area (Å²) in [4.78, 5) is 17.5. The molecule has 2 N–H and O–H groups in total. The first-order valence-corrected chi connectivity index (χ1v) is 14.8. The number of carbonyl (C=O) groups excluding carboxylic acids is 1. The molecule has 2 aromatic carbocycles. The summed E-state index contributed by atoms with van der Waals surface area (Å²) in [5.41, 5.74) is 8.37. The summed E-state index contributed by atoms with van der Waals surface area (Å²) in [6.45, 7) is 6.49. The maximum absolute atomic E-state index is 13.6. The molecule has 7 nitrogen and oxygen atoms in total. The molecule has 198 valence electrons. The number of hydrogen-bond acceptors (Lipinski definition) is 5. The fourth-order valence-corrected chi connectivity index (χ4v) is 5.85. The molecular formula is C25H33Cl3N4O3S. The van der Waals surface area contributed by atoms with Gasteiger partial charge in [-0.2, -0.15) is 0 Å². The molecule has 0 fully saturated rings. The summed E-state index contributed by atoms with van der Waals surface area (Å²) in [5.74, 6) is -0.226. The summed E-state index contributed by atoms with van der Waals surface area (Å²) < 4.78 is 26.9. The van der Waals surface area contributed by atoms with E-state index >= 15 is 0 Å². The Labute approximate surface area is 229 Å². The Morgan fingerprint density at radius 2 is 1.72 bits per heavy atom. The highest BCUT2D eigenvalue weighted by Crippen LogP contribution is 2.29. The Hall–Kier alpha value is -1.55. The molecule has 1 aliphatic rings. The van der Waals surface area contributed by atoms with Gasteiger partial charge < -0.3 is 10.6 Å². The van der Waals surface area contributed by atoms with Crippen molar-refractivity contribution in [2.45, 2.75) is 45.3 Å². The zero-order valence-electron chi connectivity index (χ0n) is 20.8. The van der Waals surface area contributed by atoms with Gasteiger partial charge in [0.25, 0.3) is 0 Å². The molecule has 0 aromatic heterocycles. The zero-order valence-corrected chi connectivity index (χ0v) is 23.8. The molecule has 36 heavy (non-hydrogen) atoms. The van der Waals surface area contributed by atoms with Crippen LogP contribution in [0, 0.1) is 0 Å². The molecular weight excluding hydrogens is 543 g/mol. The number of nitrogens with zero attached hydrogens (tertiary/aromatic N) is 3. The van der Waals surface area contributed by atoms with Crippen molar-refractivity contribution in [2.75, 3.05) is 36.7 Å².